The monoisotopic (exact) mass is 372 g/mol. The van der Waals surface area contributed by atoms with Crippen molar-refractivity contribution in [1.82, 2.24) is 19.9 Å². The van der Waals surface area contributed by atoms with Crippen molar-refractivity contribution in [3.05, 3.63) is 89.9 Å². The van der Waals surface area contributed by atoms with Crippen molar-refractivity contribution in [3.63, 3.8) is 0 Å². The van der Waals surface area contributed by atoms with Crippen LogP contribution in [0.4, 0.5) is 0 Å². The normalized spacial score (nSPS) is 10.9. The third-order valence-electron chi connectivity index (χ3n) is 4.52. The molecule has 0 aliphatic carbocycles. The first-order valence-electron chi connectivity index (χ1n) is 8.98. The molecule has 0 atom stereocenters. The Morgan fingerprint density at radius 3 is 2.68 bits per heavy atom. The predicted octanol–water partition coefficient (Wildman–Crippen LogP) is 3.50. The molecule has 0 radical (unpaired) electrons. The molecule has 0 bridgehead atoms. The van der Waals surface area contributed by atoms with Crippen LogP contribution >= 0.6 is 0 Å². The Hall–Kier alpha value is -3.51. The summed E-state index contributed by atoms with van der Waals surface area (Å²) < 4.78 is 7.11. The van der Waals surface area contributed by atoms with Crippen LogP contribution in [0.25, 0.3) is 16.9 Å². The third-order valence-corrected chi connectivity index (χ3v) is 4.52. The lowest BCUT2D eigenvalue weighted by Gasteiger charge is -2.10. The van der Waals surface area contributed by atoms with Gasteiger partial charge in [0.15, 0.2) is 0 Å². The number of carbonyl (C=O) groups is 1. The molecule has 0 spiro atoms. The van der Waals surface area contributed by atoms with E-state index >= 15 is 0 Å². The maximum absolute atomic E-state index is 12.5. The lowest BCUT2D eigenvalue weighted by molar-refractivity contribution is 0.0946. The highest BCUT2D eigenvalue weighted by Crippen LogP contribution is 2.16. The number of imidazole rings is 1. The number of benzene rings is 2. The average Bonchev–Trinajstić information content (AvgIpc) is 3.17. The summed E-state index contributed by atoms with van der Waals surface area (Å²) in [6.45, 7) is 0.802. The summed E-state index contributed by atoms with van der Waals surface area (Å²) in [5, 5.41) is 2.94. The summed E-state index contributed by atoms with van der Waals surface area (Å²) in [5.41, 5.74) is 4.34. The van der Waals surface area contributed by atoms with Crippen LogP contribution in [0.2, 0.25) is 0 Å². The SMILES string of the molecule is COCc1ccccc1C(=O)NCc1ccc(-n2cnc3ccccc32)nc1. The van der Waals surface area contributed by atoms with Crippen molar-refractivity contribution in [1.29, 1.82) is 0 Å². The molecule has 0 saturated carbocycles. The van der Waals surface area contributed by atoms with Crippen molar-refractivity contribution in [2.24, 2.45) is 0 Å². The molecule has 0 aliphatic heterocycles. The minimum Gasteiger partial charge on any atom is -0.380 e. The van der Waals surface area contributed by atoms with E-state index in [0.29, 0.717) is 18.7 Å². The number of fused-ring (bicyclic) bond motifs is 1. The molecule has 0 aliphatic rings. The Kier molecular flexibility index (Phi) is 5.12. The van der Waals surface area contributed by atoms with Crippen molar-refractivity contribution < 1.29 is 9.53 Å². The van der Waals surface area contributed by atoms with Crippen molar-refractivity contribution in [2.45, 2.75) is 13.2 Å². The van der Waals surface area contributed by atoms with Gasteiger partial charge in [-0.15, -0.1) is 0 Å². The summed E-state index contributed by atoms with van der Waals surface area (Å²) >= 11 is 0. The Morgan fingerprint density at radius 2 is 1.86 bits per heavy atom. The minimum absolute atomic E-state index is 0.127. The smallest absolute Gasteiger partial charge is 0.251 e. The highest BCUT2D eigenvalue weighted by Gasteiger charge is 2.11. The molecule has 140 valence electrons. The molecule has 1 N–H and O–H groups in total. The van der Waals surface area contributed by atoms with Gasteiger partial charge in [0.1, 0.15) is 12.1 Å². The fourth-order valence-electron chi connectivity index (χ4n) is 3.11. The molecule has 6 heteroatoms. The molecule has 28 heavy (non-hydrogen) atoms. The second-order valence-electron chi connectivity index (χ2n) is 6.40. The summed E-state index contributed by atoms with van der Waals surface area (Å²) in [7, 11) is 1.62. The van der Waals surface area contributed by atoms with E-state index in [4.69, 9.17) is 4.74 Å². The number of nitrogens with one attached hydrogen (secondary N) is 1. The van der Waals surface area contributed by atoms with Crippen LogP contribution in [-0.2, 0) is 17.9 Å². The van der Waals surface area contributed by atoms with Crippen LogP contribution in [0.3, 0.4) is 0 Å². The summed E-state index contributed by atoms with van der Waals surface area (Å²) in [6, 6.07) is 19.2. The summed E-state index contributed by atoms with van der Waals surface area (Å²) in [4.78, 5) is 21.4. The number of aromatic nitrogens is 3. The molecule has 0 saturated heterocycles. The van der Waals surface area contributed by atoms with Gasteiger partial charge in [0, 0.05) is 25.4 Å². The van der Waals surface area contributed by atoms with Gasteiger partial charge in [-0.2, -0.15) is 0 Å². The van der Waals surface area contributed by atoms with E-state index in [2.05, 4.69) is 15.3 Å². The molecule has 4 rings (SSSR count). The molecule has 6 nitrogen and oxygen atoms in total. The van der Waals surface area contributed by atoms with Crippen LogP contribution in [0.5, 0.6) is 0 Å². The number of carbonyl (C=O) groups excluding carboxylic acids is 1. The second-order valence-corrected chi connectivity index (χ2v) is 6.40. The number of nitrogens with zero attached hydrogens (tertiary/aromatic N) is 3. The van der Waals surface area contributed by atoms with Gasteiger partial charge in [-0.25, -0.2) is 9.97 Å². The van der Waals surface area contributed by atoms with Crippen LogP contribution in [-0.4, -0.2) is 27.6 Å². The lowest BCUT2D eigenvalue weighted by atomic mass is 10.1. The van der Waals surface area contributed by atoms with Crippen molar-refractivity contribution in [3.8, 4) is 5.82 Å². The van der Waals surface area contributed by atoms with Gasteiger partial charge in [0.05, 0.1) is 17.6 Å². The predicted molar refractivity (Wildman–Crippen MR) is 107 cm³/mol. The van der Waals surface area contributed by atoms with E-state index in [1.54, 1.807) is 25.7 Å². The zero-order chi connectivity index (χ0) is 19.3. The van der Waals surface area contributed by atoms with E-state index in [0.717, 1.165) is 28.0 Å². The first-order chi connectivity index (χ1) is 13.8. The number of pyridine rings is 1. The van der Waals surface area contributed by atoms with Crippen LogP contribution in [0.15, 0.2) is 73.2 Å². The Balaban J connectivity index is 1.46. The molecular formula is C22H20N4O2. The van der Waals surface area contributed by atoms with Crippen molar-refractivity contribution >= 4 is 16.9 Å². The minimum atomic E-state index is -0.127. The van der Waals surface area contributed by atoms with Crippen molar-refractivity contribution in [2.75, 3.05) is 7.11 Å². The third kappa shape index (κ3) is 3.63. The van der Waals surface area contributed by atoms with Gasteiger partial charge in [-0.1, -0.05) is 36.4 Å². The summed E-state index contributed by atoms with van der Waals surface area (Å²) in [5.74, 6) is 0.659. The lowest BCUT2D eigenvalue weighted by Crippen LogP contribution is -2.24. The van der Waals surface area contributed by atoms with E-state index in [1.807, 2.05) is 59.2 Å². The number of hydrogen-bond donors (Lipinski definition) is 1. The van der Waals surface area contributed by atoms with E-state index in [1.165, 1.54) is 0 Å². The van der Waals surface area contributed by atoms with E-state index in [-0.39, 0.29) is 5.91 Å². The molecule has 2 aromatic heterocycles. The number of para-hydroxylation sites is 2. The largest absolute Gasteiger partial charge is 0.380 e. The molecule has 1 amide bonds. The Labute approximate surface area is 162 Å². The number of methoxy groups -OCH3 is 1. The zero-order valence-corrected chi connectivity index (χ0v) is 15.5. The zero-order valence-electron chi connectivity index (χ0n) is 15.5. The summed E-state index contributed by atoms with van der Waals surface area (Å²) in [6.07, 6.45) is 3.53. The first kappa shape index (κ1) is 17.9. The fraction of sp³-hybridized carbons (Fsp3) is 0.136. The second kappa shape index (κ2) is 8.02. The topological polar surface area (TPSA) is 69.0 Å². The van der Waals surface area contributed by atoms with Gasteiger partial charge in [-0.3, -0.25) is 9.36 Å². The maximum atomic E-state index is 12.5. The van der Waals surface area contributed by atoms with Gasteiger partial charge < -0.3 is 10.1 Å². The molecule has 2 aromatic carbocycles. The molecule has 4 aromatic rings. The highest BCUT2D eigenvalue weighted by atomic mass is 16.5. The number of hydrogen-bond acceptors (Lipinski definition) is 4. The highest BCUT2D eigenvalue weighted by molar-refractivity contribution is 5.95. The number of amides is 1. The van der Waals surface area contributed by atoms with Crippen LogP contribution in [0, 0.1) is 0 Å². The van der Waals surface area contributed by atoms with E-state index in [9.17, 15) is 4.79 Å². The molecule has 0 fully saturated rings. The fourth-order valence-corrected chi connectivity index (χ4v) is 3.11. The number of rotatable bonds is 6. The van der Waals surface area contributed by atoms with Gasteiger partial charge in [0.25, 0.3) is 5.91 Å². The number of ether oxygens (including phenoxy) is 1. The quantitative estimate of drug-likeness (QED) is 0.562. The van der Waals surface area contributed by atoms with Crippen LogP contribution < -0.4 is 5.32 Å². The molecule has 2 heterocycles. The van der Waals surface area contributed by atoms with Gasteiger partial charge in [-0.05, 0) is 35.4 Å². The Morgan fingerprint density at radius 1 is 1.04 bits per heavy atom. The molecular weight excluding hydrogens is 352 g/mol. The van der Waals surface area contributed by atoms with Crippen LogP contribution in [0.1, 0.15) is 21.5 Å². The standard InChI is InChI=1S/C22H20N4O2/c1-28-14-17-6-2-3-7-18(17)22(27)24-13-16-10-11-21(23-12-16)26-15-25-19-8-4-5-9-20(19)26/h2-12,15H,13-14H2,1H3,(H,24,27). The Bertz CT molecular complexity index is 1100. The first-order valence-corrected chi connectivity index (χ1v) is 8.98. The van der Waals surface area contributed by atoms with Gasteiger partial charge in [0.2, 0.25) is 0 Å². The maximum Gasteiger partial charge on any atom is 0.251 e. The molecule has 0 unspecified atom stereocenters. The van der Waals surface area contributed by atoms with Gasteiger partial charge >= 0.3 is 0 Å². The van der Waals surface area contributed by atoms with E-state index < -0.39 is 0 Å². The average molecular weight is 372 g/mol.